The summed E-state index contributed by atoms with van der Waals surface area (Å²) >= 11 is 0. The van der Waals surface area contributed by atoms with Crippen molar-refractivity contribution in [2.45, 2.75) is 45.8 Å². The van der Waals surface area contributed by atoms with Crippen LogP contribution in [0, 0.1) is 0 Å². The van der Waals surface area contributed by atoms with Gasteiger partial charge in [-0.1, -0.05) is 0 Å². The molecule has 0 fully saturated rings. The van der Waals surface area contributed by atoms with Gasteiger partial charge >= 0.3 is 6.09 Å². The van der Waals surface area contributed by atoms with Crippen LogP contribution in [0.1, 0.15) is 34.1 Å². The van der Waals surface area contributed by atoms with Crippen LogP contribution in [0.4, 0.5) is 10.5 Å². The van der Waals surface area contributed by atoms with Crippen molar-refractivity contribution in [1.82, 2.24) is 5.32 Å². The van der Waals surface area contributed by atoms with Crippen molar-refractivity contribution in [2.75, 3.05) is 18.5 Å². The highest BCUT2D eigenvalue weighted by Gasteiger charge is 2.21. The van der Waals surface area contributed by atoms with Gasteiger partial charge in [-0.3, -0.25) is 4.79 Å². The molecular formula is C17H24N2O5. The number of alkyl carbamates (subject to hydrolysis) is 1. The standard InChI is InChI=1S/C17H24N2O5/c1-11(18-16(21)24-17(2,3)4)15(20)19-12-6-7-13-14(10-12)23-9-5-8-22-13/h6-7,10-11H,5,8-9H2,1-4H3,(H,18,21)(H,19,20)/t11-/m1/s1. The Kier molecular flexibility index (Phi) is 5.54. The highest BCUT2D eigenvalue weighted by Crippen LogP contribution is 2.32. The SMILES string of the molecule is C[C@@H](NC(=O)OC(C)(C)C)C(=O)Nc1ccc2c(c1)OCCCO2. The summed E-state index contributed by atoms with van der Waals surface area (Å²) in [5.74, 6) is 0.902. The van der Waals surface area contributed by atoms with Gasteiger partial charge in [-0.2, -0.15) is 0 Å². The molecule has 1 aliphatic heterocycles. The molecule has 0 aromatic heterocycles. The molecule has 1 aromatic carbocycles. The van der Waals surface area contributed by atoms with Gasteiger partial charge in [0.05, 0.1) is 13.2 Å². The minimum absolute atomic E-state index is 0.352. The first-order valence-electron chi connectivity index (χ1n) is 7.94. The Hall–Kier alpha value is -2.44. The first-order chi connectivity index (χ1) is 11.2. The highest BCUT2D eigenvalue weighted by molar-refractivity contribution is 5.96. The monoisotopic (exact) mass is 336 g/mol. The van der Waals surface area contributed by atoms with E-state index in [2.05, 4.69) is 10.6 Å². The van der Waals surface area contributed by atoms with Crippen LogP contribution < -0.4 is 20.1 Å². The van der Waals surface area contributed by atoms with E-state index in [1.807, 2.05) is 0 Å². The minimum atomic E-state index is -0.740. The summed E-state index contributed by atoms with van der Waals surface area (Å²) in [5.41, 5.74) is -0.0451. The molecule has 0 saturated carbocycles. The van der Waals surface area contributed by atoms with Crippen molar-refractivity contribution in [3.8, 4) is 11.5 Å². The molecule has 2 N–H and O–H groups in total. The van der Waals surface area contributed by atoms with Gasteiger partial charge < -0.3 is 24.8 Å². The van der Waals surface area contributed by atoms with Crippen LogP contribution >= 0.6 is 0 Å². The topological polar surface area (TPSA) is 85.9 Å². The third-order valence-corrected chi connectivity index (χ3v) is 3.14. The number of hydrogen-bond acceptors (Lipinski definition) is 5. The van der Waals surface area contributed by atoms with Crippen molar-refractivity contribution in [3.05, 3.63) is 18.2 Å². The summed E-state index contributed by atoms with van der Waals surface area (Å²) in [6.07, 6.45) is 0.177. The lowest BCUT2D eigenvalue weighted by molar-refractivity contribution is -0.117. The maximum Gasteiger partial charge on any atom is 0.408 e. The van der Waals surface area contributed by atoms with Crippen LogP contribution in [0.3, 0.4) is 0 Å². The number of nitrogens with one attached hydrogen (secondary N) is 2. The van der Waals surface area contributed by atoms with E-state index in [1.165, 1.54) is 0 Å². The second kappa shape index (κ2) is 7.42. The van der Waals surface area contributed by atoms with Crippen molar-refractivity contribution in [3.63, 3.8) is 0 Å². The van der Waals surface area contributed by atoms with E-state index >= 15 is 0 Å². The van der Waals surface area contributed by atoms with Crippen molar-refractivity contribution in [1.29, 1.82) is 0 Å². The van der Waals surface area contributed by atoms with E-state index in [9.17, 15) is 9.59 Å². The lowest BCUT2D eigenvalue weighted by atomic mass is 10.2. The zero-order valence-electron chi connectivity index (χ0n) is 14.5. The molecular weight excluding hydrogens is 312 g/mol. The number of amides is 2. The number of carbonyl (C=O) groups is 2. The zero-order valence-corrected chi connectivity index (χ0v) is 14.5. The van der Waals surface area contributed by atoms with Crippen molar-refractivity contribution in [2.24, 2.45) is 0 Å². The summed E-state index contributed by atoms with van der Waals surface area (Å²) in [5, 5.41) is 5.24. The fourth-order valence-electron chi connectivity index (χ4n) is 2.04. The van der Waals surface area contributed by atoms with Gasteiger partial charge in [0.25, 0.3) is 0 Å². The molecule has 24 heavy (non-hydrogen) atoms. The maximum atomic E-state index is 12.2. The fraction of sp³-hybridized carbons (Fsp3) is 0.529. The molecule has 2 amide bonds. The predicted molar refractivity (Wildman–Crippen MR) is 89.5 cm³/mol. The molecule has 1 heterocycles. The summed E-state index contributed by atoms with van der Waals surface area (Å²) in [6, 6.07) is 4.45. The first kappa shape index (κ1) is 17.9. The fourth-order valence-corrected chi connectivity index (χ4v) is 2.04. The lowest BCUT2D eigenvalue weighted by Crippen LogP contribution is -2.43. The van der Waals surface area contributed by atoms with Crippen LogP contribution in [0.15, 0.2) is 18.2 Å². The second-order valence-electron chi connectivity index (χ2n) is 6.57. The molecule has 0 spiro atoms. The Morgan fingerprint density at radius 3 is 2.50 bits per heavy atom. The minimum Gasteiger partial charge on any atom is -0.490 e. The van der Waals surface area contributed by atoms with Crippen LogP contribution in [0.25, 0.3) is 0 Å². The molecule has 7 heteroatoms. The smallest absolute Gasteiger partial charge is 0.408 e. The molecule has 132 valence electrons. The third kappa shape index (κ3) is 5.33. The Morgan fingerprint density at radius 1 is 1.17 bits per heavy atom. The summed E-state index contributed by atoms with van der Waals surface area (Å²) in [4.78, 5) is 23.9. The molecule has 1 aliphatic rings. The number of rotatable bonds is 3. The normalized spacial score (nSPS) is 15.0. The van der Waals surface area contributed by atoms with E-state index in [4.69, 9.17) is 14.2 Å². The highest BCUT2D eigenvalue weighted by atomic mass is 16.6. The van der Waals surface area contributed by atoms with E-state index in [0.29, 0.717) is 30.4 Å². The van der Waals surface area contributed by atoms with Gasteiger partial charge in [0.15, 0.2) is 11.5 Å². The van der Waals surface area contributed by atoms with Gasteiger partial charge in [0.2, 0.25) is 5.91 Å². The van der Waals surface area contributed by atoms with Gasteiger partial charge in [-0.05, 0) is 39.8 Å². The lowest BCUT2D eigenvalue weighted by Gasteiger charge is -2.21. The molecule has 0 radical (unpaired) electrons. The first-order valence-corrected chi connectivity index (χ1v) is 7.94. The molecule has 0 saturated heterocycles. The predicted octanol–water partition coefficient (Wildman–Crippen LogP) is 2.70. The quantitative estimate of drug-likeness (QED) is 0.886. The number of ether oxygens (including phenoxy) is 3. The van der Waals surface area contributed by atoms with Gasteiger partial charge in [-0.15, -0.1) is 0 Å². The molecule has 1 aromatic rings. The summed E-state index contributed by atoms with van der Waals surface area (Å²) in [7, 11) is 0. The van der Waals surface area contributed by atoms with Crippen LogP contribution in [-0.2, 0) is 9.53 Å². The molecule has 1 atom stereocenters. The van der Waals surface area contributed by atoms with E-state index in [0.717, 1.165) is 6.42 Å². The Morgan fingerprint density at radius 2 is 1.83 bits per heavy atom. The summed E-state index contributed by atoms with van der Waals surface area (Å²) in [6.45, 7) is 8.04. The largest absolute Gasteiger partial charge is 0.490 e. The van der Waals surface area contributed by atoms with Crippen molar-refractivity contribution >= 4 is 17.7 Å². The Bertz CT molecular complexity index is 609. The second-order valence-corrected chi connectivity index (χ2v) is 6.57. The van der Waals surface area contributed by atoms with Crippen molar-refractivity contribution < 1.29 is 23.8 Å². The zero-order chi connectivity index (χ0) is 17.7. The van der Waals surface area contributed by atoms with E-state index < -0.39 is 17.7 Å². The van der Waals surface area contributed by atoms with Crippen LogP contribution in [0.5, 0.6) is 11.5 Å². The molecule has 0 unspecified atom stereocenters. The summed E-state index contributed by atoms with van der Waals surface area (Å²) < 4.78 is 16.3. The maximum absolute atomic E-state index is 12.2. The number of anilines is 1. The molecule has 0 bridgehead atoms. The average molecular weight is 336 g/mol. The Labute approximate surface area is 141 Å². The molecule has 0 aliphatic carbocycles. The number of hydrogen-bond donors (Lipinski definition) is 2. The van der Waals surface area contributed by atoms with Gasteiger partial charge in [-0.25, -0.2) is 4.79 Å². The number of carbonyl (C=O) groups excluding carboxylic acids is 2. The third-order valence-electron chi connectivity index (χ3n) is 3.14. The Balaban J connectivity index is 1.94. The van der Waals surface area contributed by atoms with E-state index in [-0.39, 0.29) is 5.91 Å². The molecule has 7 nitrogen and oxygen atoms in total. The molecule has 2 rings (SSSR count). The van der Waals surface area contributed by atoms with Crippen LogP contribution in [0.2, 0.25) is 0 Å². The van der Waals surface area contributed by atoms with Gasteiger partial charge in [0, 0.05) is 18.2 Å². The van der Waals surface area contributed by atoms with E-state index in [1.54, 1.807) is 45.9 Å². The number of benzene rings is 1. The number of fused-ring (bicyclic) bond motifs is 1. The van der Waals surface area contributed by atoms with Gasteiger partial charge in [0.1, 0.15) is 11.6 Å². The van der Waals surface area contributed by atoms with Crippen LogP contribution in [-0.4, -0.2) is 36.9 Å². The average Bonchev–Trinajstić information content (AvgIpc) is 2.69.